The van der Waals surface area contributed by atoms with Crippen molar-refractivity contribution in [2.24, 2.45) is 0 Å². The Morgan fingerprint density at radius 1 is 0.962 bits per heavy atom. The van der Waals surface area contributed by atoms with Crippen molar-refractivity contribution in [3.05, 3.63) is 54.5 Å². The van der Waals surface area contributed by atoms with E-state index in [1.54, 1.807) is 34.1 Å². The fraction of sp³-hybridized carbons (Fsp3) is 0.316. The van der Waals surface area contributed by atoms with Crippen molar-refractivity contribution < 1.29 is 18.8 Å². The lowest BCUT2D eigenvalue weighted by Crippen LogP contribution is -2.53. The highest BCUT2D eigenvalue weighted by atomic mass is 16.3. The predicted molar refractivity (Wildman–Crippen MR) is 95.7 cm³/mol. The van der Waals surface area contributed by atoms with Crippen LogP contribution in [-0.4, -0.2) is 60.2 Å². The van der Waals surface area contributed by atoms with Gasteiger partial charge in [-0.2, -0.15) is 0 Å². The normalized spacial score (nSPS) is 14.2. The summed E-state index contributed by atoms with van der Waals surface area (Å²) in [5, 5.41) is 0. The summed E-state index contributed by atoms with van der Waals surface area (Å²) in [5.74, 6) is -0.182. The molecule has 0 unspecified atom stereocenters. The van der Waals surface area contributed by atoms with Crippen molar-refractivity contribution in [1.82, 2.24) is 9.80 Å². The number of benzene rings is 1. The van der Waals surface area contributed by atoms with Gasteiger partial charge in [-0.15, -0.1) is 0 Å². The predicted octanol–water partition coefficient (Wildman–Crippen LogP) is 1.62. The minimum Gasteiger partial charge on any atom is -0.459 e. The van der Waals surface area contributed by atoms with Gasteiger partial charge in [-0.1, -0.05) is 18.2 Å². The molecule has 3 rings (SSSR count). The maximum absolute atomic E-state index is 12.6. The number of piperazine rings is 1. The van der Waals surface area contributed by atoms with Crippen LogP contribution in [0.15, 0.2) is 53.1 Å². The first-order valence-electron chi connectivity index (χ1n) is 8.50. The largest absolute Gasteiger partial charge is 0.459 e. The molecule has 7 heteroatoms. The molecule has 7 nitrogen and oxygen atoms in total. The number of nitrogens with zero attached hydrogens (tertiary/aromatic N) is 3. The van der Waals surface area contributed by atoms with E-state index in [2.05, 4.69) is 0 Å². The van der Waals surface area contributed by atoms with Gasteiger partial charge in [0.05, 0.1) is 6.26 Å². The molecule has 3 amide bonds. The quantitative estimate of drug-likeness (QED) is 0.835. The second-order valence-electron chi connectivity index (χ2n) is 6.09. The average Bonchev–Trinajstić information content (AvgIpc) is 3.20. The number of amides is 3. The molecule has 26 heavy (non-hydrogen) atoms. The minimum absolute atomic E-state index is 0.00846. The van der Waals surface area contributed by atoms with E-state index in [1.165, 1.54) is 18.1 Å². The van der Waals surface area contributed by atoms with Gasteiger partial charge in [0.1, 0.15) is 6.54 Å². The molecule has 0 bridgehead atoms. The van der Waals surface area contributed by atoms with Gasteiger partial charge >= 0.3 is 0 Å². The Hall–Kier alpha value is -3.09. The first-order chi connectivity index (χ1) is 12.6. The molecular formula is C19H21N3O4. The Balaban J connectivity index is 1.58. The van der Waals surface area contributed by atoms with E-state index in [4.69, 9.17) is 4.42 Å². The SMILES string of the molecule is CC(=O)N(CC(=O)N1CCN(C(=O)c2ccco2)CC1)c1ccccc1. The van der Waals surface area contributed by atoms with Crippen LogP contribution in [0.2, 0.25) is 0 Å². The zero-order chi connectivity index (χ0) is 18.5. The van der Waals surface area contributed by atoms with Crippen molar-refractivity contribution in [3.8, 4) is 0 Å². The zero-order valence-electron chi connectivity index (χ0n) is 14.6. The molecule has 0 atom stereocenters. The van der Waals surface area contributed by atoms with Crippen LogP contribution in [0.1, 0.15) is 17.5 Å². The van der Waals surface area contributed by atoms with Gasteiger partial charge in [0.25, 0.3) is 5.91 Å². The zero-order valence-corrected chi connectivity index (χ0v) is 14.6. The topological polar surface area (TPSA) is 74.1 Å². The number of rotatable bonds is 4. The Kier molecular flexibility index (Phi) is 5.36. The first kappa shape index (κ1) is 17.7. The van der Waals surface area contributed by atoms with Crippen LogP contribution >= 0.6 is 0 Å². The summed E-state index contributed by atoms with van der Waals surface area (Å²) in [6, 6.07) is 12.4. The van der Waals surface area contributed by atoms with Crippen molar-refractivity contribution in [2.45, 2.75) is 6.92 Å². The van der Waals surface area contributed by atoms with Gasteiger partial charge in [0.15, 0.2) is 5.76 Å². The van der Waals surface area contributed by atoms with Crippen LogP contribution in [0, 0.1) is 0 Å². The summed E-state index contributed by atoms with van der Waals surface area (Å²) in [6.07, 6.45) is 1.47. The Bertz CT molecular complexity index is 765. The molecule has 136 valence electrons. The number of hydrogen-bond donors (Lipinski definition) is 0. The first-order valence-corrected chi connectivity index (χ1v) is 8.50. The van der Waals surface area contributed by atoms with Crippen LogP contribution in [-0.2, 0) is 9.59 Å². The van der Waals surface area contributed by atoms with Gasteiger partial charge in [-0.25, -0.2) is 0 Å². The lowest BCUT2D eigenvalue weighted by molar-refractivity contribution is -0.132. The smallest absolute Gasteiger partial charge is 0.289 e. The van der Waals surface area contributed by atoms with Gasteiger partial charge in [0, 0.05) is 38.8 Å². The van der Waals surface area contributed by atoms with E-state index in [0.29, 0.717) is 37.6 Å². The highest BCUT2D eigenvalue weighted by Crippen LogP contribution is 2.15. The fourth-order valence-electron chi connectivity index (χ4n) is 2.94. The molecule has 0 radical (unpaired) electrons. The van der Waals surface area contributed by atoms with E-state index >= 15 is 0 Å². The third-order valence-electron chi connectivity index (χ3n) is 4.39. The molecule has 1 aromatic carbocycles. The molecule has 0 saturated carbocycles. The third-order valence-corrected chi connectivity index (χ3v) is 4.39. The van der Waals surface area contributed by atoms with E-state index in [9.17, 15) is 14.4 Å². The van der Waals surface area contributed by atoms with Crippen molar-refractivity contribution >= 4 is 23.4 Å². The van der Waals surface area contributed by atoms with E-state index in [0.717, 1.165) is 0 Å². The molecule has 1 aliphatic rings. The Morgan fingerprint density at radius 2 is 1.62 bits per heavy atom. The maximum Gasteiger partial charge on any atom is 0.289 e. The number of hydrogen-bond acceptors (Lipinski definition) is 4. The van der Waals surface area contributed by atoms with Crippen LogP contribution in [0.3, 0.4) is 0 Å². The second-order valence-corrected chi connectivity index (χ2v) is 6.09. The molecule has 0 aliphatic carbocycles. The number of para-hydroxylation sites is 1. The molecule has 1 aromatic heterocycles. The monoisotopic (exact) mass is 355 g/mol. The second kappa shape index (κ2) is 7.86. The van der Waals surface area contributed by atoms with E-state index in [1.807, 2.05) is 18.2 Å². The summed E-state index contributed by atoms with van der Waals surface area (Å²) in [4.78, 5) is 41.6. The van der Waals surface area contributed by atoms with Crippen LogP contribution < -0.4 is 4.90 Å². The molecular weight excluding hydrogens is 334 g/mol. The molecule has 1 fully saturated rings. The summed E-state index contributed by atoms with van der Waals surface area (Å²) < 4.78 is 5.13. The lowest BCUT2D eigenvalue weighted by Gasteiger charge is -2.35. The molecule has 2 aromatic rings. The molecule has 0 spiro atoms. The molecule has 2 heterocycles. The summed E-state index contributed by atoms with van der Waals surface area (Å²) >= 11 is 0. The van der Waals surface area contributed by atoms with Gasteiger partial charge in [-0.05, 0) is 24.3 Å². The standard InChI is InChI=1S/C19H21N3O4/c1-15(23)22(16-6-3-2-4-7-16)14-18(24)20-9-11-21(12-10-20)19(25)17-8-5-13-26-17/h2-8,13H,9-12,14H2,1H3. The van der Waals surface area contributed by atoms with Crippen molar-refractivity contribution in [1.29, 1.82) is 0 Å². The van der Waals surface area contributed by atoms with Gasteiger partial charge in [-0.3, -0.25) is 14.4 Å². The average molecular weight is 355 g/mol. The Morgan fingerprint density at radius 3 is 2.19 bits per heavy atom. The third kappa shape index (κ3) is 3.93. The maximum atomic E-state index is 12.6. The molecule has 1 aliphatic heterocycles. The summed E-state index contributed by atoms with van der Waals surface area (Å²) in [6.45, 7) is 3.19. The van der Waals surface area contributed by atoms with Crippen LogP contribution in [0.5, 0.6) is 0 Å². The highest BCUT2D eigenvalue weighted by Gasteiger charge is 2.27. The highest BCUT2D eigenvalue weighted by molar-refractivity contribution is 5.97. The molecule has 0 N–H and O–H groups in total. The molecule has 1 saturated heterocycles. The summed E-state index contributed by atoms with van der Waals surface area (Å²) in [5.41, 5.74) is 0.694. The van der Waals surface area contributed by atoms with Crippen LogP contribution in [0.25, 0.3) is 0 Å². The van der Waals surface area contributed by atoms with Crippen molar-refractivity contribution in [3.63, 3.8) is 0 Å². The van der Waals surface area contributed by atoms with E-state index < -0.39 is 0 Å². The number of carbonyl (C=O) groups is 3. The minimum atomic E-state index is -0.184. The lowest BCUT2D eigenvalue weighted by atomic mass is 10.2. The number of furan rings is 1. The van der Waals surface area contributed by atoms with Gasteiger partial charge < -0.3 is 19.1 Å². The number of carbonyl (C=O) groups excluding carboxylic acids is 3. The van der Waals surface area contributed by atoms with Crippen molar-refractivity contribution in [2.75, 3.05) is 37.6 Å². The van der Waals surface area contributed by atoms with E-state index in [-0.39, 0.29) is 24.3 Å². The fourth-order valence-corrected chi connectivity index (χ4v) is 2.94. The van der Waals surface area contributed by atoms with Crippen LogP contribution in [0.4, 0.5) is 5.69 Å². The summed E-state index contributed by atoms with van der Waals surface area (Å²) in [7, 11) is 0. The Labute approximate surface area is 151 Å². The van der Waals surface area contributed by atoms with Gasteiger partial charge in [0.2, 0.25) is 11.8 Å². The number of anilines is 1.